The molecule has 0 bridgehead atoms. The Hall–Kier alpha value is -1.68. The summed E-state index contributed by atoms with van der Waals surface area (Å²) in [4.78, 5) is 21.0. The lowest BCUT2D eigenvalue weighted by molar-refractivity contribution is 0.102. The maximum atomic E-state index is 12.1. The molecule has 1 aromatic carbocycles. The molecule has 0 aliphatic heterocycles. The number of nitrogens with zero attached hydrogens (tertiary/aromatic N) is 2. The van der Waals surface area contributed by atoms with Gasteiger partial charge in [-0.25, -0.2) is 9.97 Å². The Balaban J connectivity index is 2.06. The van der Waals surface area contributed by atoms with Gasteiger partial charge in [0, 0.05) is 17.2 Å². The lowest BCUT2D eigenvalue weighted by atomic mass is 10.2. The van der Waals surface area contributed by atoms with Crippen LogP contribution in [0.3, 0.4) is 0 Å². The predicted octanol–water partition coefficient (Wildman–Crippen LogP) is 3.88. The SMILES string of the molecule is Cc1cc(SCC(=O)c2ccccc2)nc(C(C)C)n1. The number of benzene rings is 1. The summed E-state index contributed by atoms with van der Waals surface area (Å²) in [6, 6.07) is 11.3. The number of carbonyl (C=O) groups excluding carboxylic acids is 1. The van der Waals surface area contributed by atoms with Crippen molar-refractivity contribution in [1.29, 1.82) is 0 Å². The van der Waals surface area contributed by atoms with Crippen LogP contribution in [-0.4, -0.2) is 21.5 Å². The first-order valence-electron chi connectivity index (χ1n) is 6.63. The van der Waals surface area contributed by atoms with Crippen molar-refractivity contribution >= 4 is 17.5 Å². The summed E-state index contributed by atoms with van der Waals surface area (Å²) in [6.45, 7) is 6.09. The summed E-state index contributed by atoms with van der Waals surface area (Å²) < 4.78 is 0. The number of hydrogen-bond donors (Lipinski definition) is 0. The number of hydrogen-bond acceptors (Lipinski definition) is 4. The number of carbonyl (C=O) groups is 1. The van der Waals surface area contributed by atoms with Crippen LogP contribution in [0.4, 0.5) is 0 Å². The summed E-state index contributed by atoms with van der Waals surface area (Å²) in [6.07, 6.45) is 0. The van der Waals surface area contributed by atoms with Crippen LogP contribution in [-0.2, 0) is 0 Å². The molecule has 1 aromatic heterocycles. The van der Waals surface area contributed by atoms with Crippen molar-refractivity contribution in [1.82, 2.24) is 9.97 Å². The van der Waals surface area contributed by atoms with Crippen molar-refractivity contribution in [3.63, 3.8) is 0 Å². The molecule has 2 aromatic rings. The maximum absolute atomic E-state index is 12.1. The average molecular weight is 286 g/mol. The monoisotopic (exact) mass is 286 g/mol. The van der Waals surface area contributed by atoms with Gasteiger partial charge in [-0.05, 0) is 13.0 Å². The Bertz CT molecular complexity index is 597. The molecule has 0 radical (unpaired) electrons. The van der Waals surface area contributed by atoms with Crippen LogP contribution in [0.2, 0.25) is 0 Å². The number of aryl methyl sites for hydroxylation is 1. The normalized spacial score (nSPS) is 10.8. The minimum atomic E-state index is 0.123. The van der Waals surface area contributed by atoms with E-state index in [0.29, 0.717) is 11.7 Å². The van der Waals surface area contributed by atoms with Crippen molar-refractivity contribution in [3.8, 4) is 0 Å². The van der Waals surface area contributed by atoms with Crippen LogP contribution in [0.15, 0.2) is 41.4 Å². The predicted molar refractivity (Wildman–Crippen MR) is 82.4 cm³/mol. The Labute approximate surface area is 123 Å². The fourth-order valence-corrected chi connectivity index (χ4v) is 2.60. The van der Waals surface area contributed by atoms with E-state index in [0.717, 1.165) is 22.1 Å². The minimum absolute atomic E-state index is 0.123. The van der Waals surface area contributed by atoms with Crippen LogP contribution in [0.5, 0.6) is 0 Å². The van der Waals surface area contributed by atoms with Gasteiger partial charge in [-0.2, -0.15) is 0 Å². The van der Waals surface area contributed by atoms with Gasteiger partial charge in [-0.3, -0.25) is 4.79 Å². The van der Waals surface area contributed by atoms with Gasteiger partial charge in [0.1, 0.15) is 10.9 Å². The molecule has 0 aliphatic carbocycles. The molecule has 0 amide bonds. The Morgan fingerprint density at radius 1 is 1.20 bits per heavy atom. The molecule has 0 saturated heterocycles. The van der Waals surface area contributed by atoms with Crippen LogP contribution in [0, 0.1) is 6.92 Å². The first kappa shape index (κ1) is 14.7. The van der Waals surface area contributed by atoms with Gasteiger partial charge in [0.2, 0.25) is 0 Å². The Morgan fingerprint density at radius 3 is 2.55 bits per heavy atom. The summed E-state index contributed by atoms with van der Waals surface area (Å²) in [5, 5.41) is 0.866. The third-order valence-electron chi connectivity index (χ3n) is 2.81. The van der Waals surface area contributed by atoms with E-state index in [1.165, 1.54) is 11.8 Å². The second kappa shape index (κ2) is 6.66. The molecule has 0 N–H and O–H groups in total. The van der Waals surface area contributed by atoms with Gasteiger partial charge in [0.05, 0.1) is 5.75 Å². The van der Waals surface area contributed by atoms with Crippen LogP contribution >= 0.6 is 11.8 Å². The van der Waals surface area contributed by atoms with Gasteiger partial charge in [-0.1, -0.05) is 55.9 Å². The van der Waals surface area contributed by atoms with Gasteiger partial charge >= 0.3 is 0 Å². The summed E-state index contributed by atoms with van der Waals surface area (Å²) in [7, 11) is 0. The number of Topliss-reactive ketones (excluding diaryl/α,β-unsaturated/α-hetero) is 1. The van der Waals surface area contributed by atoms with Gasteiger partial charge in [0.25, 0.3) is 0 Å². The second-order valence-electron chi connectivity index (χ2n) is 4.94. The highest BCUT2D eigenvalue weighted by Crippen LogP contribution is 2.20. The van der Waals surface area contributed by atoms with E-state index in [2.05, 4.69) is 23.8 Å². The molecule has 2 rings (SSSR count). The first-order chi connectivity index (χ1) is 9.56. The zero-order valence-electron chi connectivity index (χ0n) is 12.0. The molecule has 20 heavy (non-hydrogen) atoms. The molecule has 3 nitrogen and oxygen atoms in total. The van der Waals surface area contributed by atoms with E-state index in [4.69, 9.17) is 0 Å². The lowest BCUT2D eigenvalue weighted by Crippen LogP contribution is -2.04. The van der Waals surface area contributed by atoms with Crippen LogP contribution < -0.4 is 0 Å². The molecule has 0 unspecified atom stereocenters. The summed E-state index contributed by atoms with van der Waals surface area (Å²) in [5.74, 6) is 1.65. The zero-order chi connectivity index (χ0) is 14.5. The topological polar surface area (TPSA) is 42.9 Å². The Morgan fingerprint density at radius 2 is 1.90 bits per heavy atom. The molecule has 0 atom stereocenters. The number of aromatic nitrogens is 2. The molecule has 1 heterocycles. The average Bonchev–Trinajstić information content (AvgIpc) is 2.45. The van der Waals surface area contributed by atoms with E-state index in [-0.39, 0.29) is 5.78 Å². The van der Waals surface area contributed by atoms with Crippen molar-refractivity contribution in [2.24, 2.45) is 0 Å². The van der Waals surface area contributed by atoms with Crippen molar-refractivity contribution in [2.75, 3.05) is 5.75 Å². The molecule has 104 valence electrons. The molecule has 0 aliphatic rings. The molecule has 0 spiro atoms. The van der Waals surface area contributed by atoms with Crippen LogP contribution in [0.1, 0.15) is 41.6 Å². The second-order valence-corrected chi connectivity index (χ2v) is 5.93. The first-order valence-corrected chi connectivity index (χ1v) is 7.61. The highest BCUT2D eigenvalue weighted by molar-refractivity contribution is 7.99. The third-order valence-corrected chi connectivity index (χ3v) is 3.72. The van der Waals surface area contributed by atoms with Gasteiger partial charge in [0.15, 0.2) is 5.78 Å². The van der Waals surface area contributed by atoms with E-state index in [1.54, 1.807) is 0 Å². The zero-order valence-corrected chi connectivity index (χ0v) is 12.8. The molecule has 4 heteroatoms. The van der Waals surface area contributed by atoms with E-state index in [1.807, 2.05) is 43.3 Å². The number of ketones is 1. The van der Waals surface area contributed by atoms with Gasteiger partial charge < -0.3 is 0 Å². The fraction of sp³-hybridized carbons (Fsp3) is 0.312. The molecular formula is C16H18N2OS. The van der Waals surface area contributed by atoms with Crippen molar-refractivity contribution < 1.29 is 4.79 Å². The highest BCUT2D eigenvalue weighted by atomic mass is 32.2. The van der Waals surface area contributed by atoms with E-state index in [9.17, 15) is 4.79 Å². The third kappa shape index (κ3) is 3.90. The van der Waals surface area contributed by atoms with Gasteiger partial charge in [-0.15, -0.1) is 0 Å². The largest absolute Gasteiger partial charge is 0.293 e. The summed E-state index contributed by atoms with van der Waals surface area (Å²) >= 11 is 1.47. The van der Waals surface area contributed by atoms with Crippen LogP contribution in [0.25, 0.3) is 0 Å². The van der Waals surface area contributed by atoms with Crippen molar-refractivity contribution in [3.05, 3.63) is 53.5 Å². The Kier molecular flexibility index (Phi) is 4.90. The number of rotatable bonds is 5. The molecule has 0 fully saturated rings. The van der Waals surface area contributed by atoms with E-state index < -0.39 is 0 Å². The standard InChI is InChI=1S/C16H18N2OS/c1-11(2)16-17-12(3)9-15(18-16)20-10-14(19)13-7-5-4-6-8-13/h4-9,11H,10H2,1-3H3. The van der Waals surface area contributed by atoms with Crippen molar-refractivity contribution in [2.45, 2.75) is 31.7 Å². The molecular weight excluding hydrogens is 268 g/mol. The highest BCUT2D eigenvalue weighted by Gasteiger charge is 2.10. The fourth-order valence-electron chi connectivity index (χ4n) is 1.74. The quantitative estimate of drug-likeness (QED) is 0.475. The van der Waals surface area contributed by atoms with E-state index >= 15 is 0 Å². The lowest BCUT2D eigenvalue weighted by Gasteiger charge is -2.07. The molecule has 0 saturated carbocycles. The maximum Gasteiger partial charge on any atom is 0.173 e. The number of thioether (sulfide) groups is 1. The summed E-state index contributed by atoms with van der Waals surface area (Å²) in [5.41, 5.74) is 1.69. The minimum Gasteiger partial charge on any atom is -0.293 e. The smallest absolute Gasteiger partial charge is 0.173 e.